The number of nitrogens with one attached hydrogen (secondary N) is 1. The molecular formula is C38H57NO2. The van der Waals surface area contributed by atoms with Gasteiger partial charge in [0.1, 0.15) is 0 Å². The van der Waals surface area contributed by atoms with Crippen LogP contribution in [0.5, 0.6) is 0 Å². The van der Waals surface area contributed by atoms with Gasteiger partial charge in [-0.3, -0.25) is 0 Å². The Balaban J connectivity index is 1.21. The van der Waals surface area contributed by atoms with Gasteiger partial charge in [-0.15, -0.1) is 0 Å². The van der Waals surface area contributed by atoms with Gasteiger partial charge in [-0.25, -0.2) is 4.79 Å². The monoisotopic (exact) mass is 559 g/mol. The number of aromatic carboxylic acids is 1. The molecule has 6 aliphatic rings. The summed E-state index contributed by atoms with van der Waals surface area (Å²) in [6.07, 6.45) is 16.7. The minimum atomic E-state index is -0.826. The van der Waals surface area contributed by atoms with Gasteiger partial charge in [0.25, 0.3) is 0 Å². The van der Waals surface area contributed by atoms with Gasteiger partial charge in [0.05, 0.1) is 5.56 Å². The van der Waals surface area contributed by atoms with E-state index >= 15 is 0 Å². The largest absolute Gasteiger partial charge is 0.478 e. The van der Waals surface area contributed by atoms with Crippen molar-refractivity contribution < 1.29 is 9.90 Å². The summed E-state index contributed by atoms with van der Waals surface area (Å²) in [5, 5.41) is 13.5. The van der Waals surface area contributed by atoms with E-state index in [2.05, 4.69) is 66.0 Å². The first-order valence-electron chi connectivity index (χ1n) is 17.3. The van der Waals surface area contributed by atoms with Gasteiger partial charge in [0, 0.05) is 5.54 Å². The second-order valence-electron chi connectivity index (χ2n) is 17.7. The summed E-state index contributed by atoms with van der Waals surface area (Å²) in [5.41, 5.74) is 4.22. The molecule has 2 N–H and O–H groups in total. The third-order valence-electron chi connectivity index (χ3n) is 16.5. The van der Waals surface area contributed by atoms with Crippen molar-refractivity contribution in [3.63, 3.8) is 0 Å². The molecule has 6 aliphatic carbocycles. The van der Waals surface area contributed by atoms with Crippen LogP contribution in [0.2, 0.25) is 0 Å². The summed E-state index contributed by atoms with van der Waals surface area (Å²) < 4.78 is 0. The van der Waals surface area contributed by atoms with Crippen molar-refractivity contribution in [2.75, 3.05) is 7.05 Å². The van der Waals surface area contributed by atoms with Crippen molar-refractivity contribution in [2.24, 2.45) is 56.7 Å². The topological polar surface area (TPSA) is 49.3 Å². The smallest absolute Gasteiger partial charge is 0.335 e. The lowest BCUT2D eigenvalue weighted by molar-refractivity contribution is -0.235. The minimum Gasteiger partial charge on any atom is -0.478 e. The molecule has 0 saturated heterocycles. The van der Waals surface area contributed by atoms with E-state index in [1.54, 1.807) is 0 Å². The zero-order valence-corrected chi connectivity index (χ0v) is 27.1. The van der Waals surface area contributed by atoms with E-state index in [0.29, 0.717) is 38.7 Å². The summed E-state index contributed by atoms with van der Waals surface area (Å²) in [5.74, 6) is 3.86. The zero-order valence-electron chi connectivity index (χ0n) is 27.1. The van der Waals surface area contributed by atoms with Crippen LogP contribution >= 0.6 is 0 Å². The molecule has 0 bridgehead atoms. The Morgan fingerprint density at radius 1 is 0.732 bits per heavy atom. The van der Waals surface area contributed by atoms with Crippen LogP contribution < -0.4 is 5.32 Å². The first-order chi connectivity index (χ1) is 19.3. The Labute approximate surface area is 250 Å². The summed E-state index contributed by atoms with van der Waals surface area (Å²) in [7, 11) is 2.29. The number of rotatable bonds is 4. The number of benzene rings is 1. The molecule has 0 heterocycles. The van der Waals surface area contributed by atoms with Crippen molar-refractivity contribution in [2.45, 2.75) is 130 Å². The van der Waals surface area contributed by atoms with Crippen LogP contribution in [0.25, 0.3) is 0 Å². The molecular weight excluding hydrogens is 502 g/mol. The average Bonchev–Trinajstić information content (AvgIpc) is 3.54. The van der Waals surface area contributed by atoms with Crippen LogP contribution in [-0.2, 0) is 0 Å². The van der Waals surface area contributed by atoms with Crippen LogP contribution in [0.4, 0.5) is 0 Å². The van der Waals surface area contributed by atoms with Crippen LogP contribution in [0.15, 0.2) is 24.3 Å². The second-order valence-corrected chi connectivity index (χ2v) is 17.7. The highest BCUT2D eigenvalue weighted by Gasteiger charge is 2.72. The van der Waals surface area contributed by atoms with Gasteiger partial charge in [-0.2, -0.15) is 0 Å². The molecule has 0 amide bonds. The maximum atomic E-state index is 11.5. The van der Waals surface area contributed by atoms with E-state index in [0.717, 1.165) is 29.6 Å². The van der Waals surface area contributed by atoms with Crippen LogP contribution in [0.1, 0.15) is 140 Å². The fourth-order valence-corrected chi connectivity index (χ4v) is 13.8. The SMILES string of the molecule is CNC12CCC(C3(C)CC3)C1C1CCC3C4(C)CCC(c5ccc(C(=O)O)cc5)C(C)(C)C4CCC3(C)C1(C)CC2. The number of carbonyl (C=O) groups is 1. The average molecular weight is 560 g/mol. The number of carboxylic acid groups (broad SMARTS) is 1. The highest BCUT2D eigenvalue weighted by atomic mass is 16.4. The summed E-state index contributed by atoms with van der Waals surface area (Å²) in [4.78, 5) is 11.5. The van der Waals surface area contributed by atoms with E-state index in [1.165, 1.54) is 82.6 Å². The van der Waals surface area contributed by atoms with Crippen molar-refractivity contribution >= 4 is 5.97 Å². The van der Waals surface area contributed by atoms with E-state index in [9.17, 15) is 9.90 Å². The molecule has 6 fully saturated rings. The number of fused-ring (bicyclic) bond motifs is 7. The Morgan fingerprint density at radius 2 is 1.44 bits per heavy atom. The molecule has 7 rings (SSSR count). The molecule has 10 unspecified atom stereocenters. The van der Waals surface area contributed by atoms with Crippen LogP contribution in [0.3, 0.4) is 0 Å². The maximum absolute atomic E-state index is 11.5. The Bertz CT molecular complexity index is 1220. The first kappa shape index (κ1) is 28.4. The minimum absolute atomic E-state index is 0.210. The quantitative estimate of drug-likeness (QED) is 0.386. The van der Waals surface area contributed by atoms with E-state index in [4.69, 9.17) is 0 Å². The highest BCUT2D eigenvalue weighted by Crippen LogP contribution is 2.78. The van der Waals surface area contributed by atoms with Gasteiger partial charge in [-0.05, 0) is 164 Å². The first-order valence-corrected chi connectivity index (χ1v) is 17.3. The summed E-state index contributed by atoms with van der Waals surface area (Å²) in [6, 6.07) is 7.89. The lowest BCUT2D eigenvalue weighted by Gasteiger charge is -2.73. The van der Waals surface area contributed by atoms with Crippen molar-refractivity contribution in [3.05, 3.63) is 35.4 Å². The molecule has 0 aromatic heterocycles. The van der Waals surface area contributed by atoms with Crippen molar-refractivity contribution in [3.8, 4) is 0 Å². The Kier molecular flexibility index (Phi) is 6.14. The Hall–Kier alpha value is -1.35. The zero-order chi connectivity index (χ0) is 29.2. The normalized spacial score (nSPS) is 49.2. The molecule has 0 radical (unpaired) electrons. The summed E-state index contributed by atoms with van der Waals surface area (Å²) >= 11 is 0. The van der Waals surface area contributed by atoms with E-state index in [1.807, 2.05) is 12.1 Å². The third kappa shape index (κ3) is 3.63. The maximum Gasteiger partial charge on any atom is 0.335 e. The molecule has 226 valence electrons. The van der Waals surface area contributed by atoms with E-state index in [-0.39, 0.29) is 5.41 Å². The van der Waals surface area contributed by atoms with Crippen molar-refractivity contribution in [1.29, 1.82) is 0 Å². The van der Waals surface area contributed by atoms with Gasteiger partial charge < -0.3 is 10.4 Å². The fraction of sp³-hybridized carbons (Fsp3) is 0.816. The molecule has 3 heteroatoms. The van der Waals surface area contributed by atoms with Crippen molar-refractivity contribution in [1.82, 2.24) is 5.32 Å². The number of hydrogen-bond acceptors (Lipinski definition) is 2. The fourth-order valence-electron chi connectivity index (χ4n) is 13.8. The molecule has 1 aromatic carbocycles. The highest BCUT2D eigenvalue weighted by molar-refractivity contribution is 5.87. The predicted molar refractivity (Wildman–Crippen MR) is 167 cm³/mol. The lowest BCUT2D eigenvalue weighted by Crippen LogP contribution is -2.68. The van der Waals surface area contributed by atoms with Crippen LogP contribution in [-0.4, -0.2) is 23.7 Å². The molecule has 10 atom stereocenters. The molecule has 1 aromatic rings. The molecule has 41 heavy (non-hydrogen) atoms. The van der Waals surface area contributed by atoms with E-state index < -0.39 is 5.97 Å². The molecule has 0 spiro atoms. The van der Waals surface area contributed by atoms with Gasteiger partial charge in [0.2, 0.25) is 0 Å². The lowest BCUT2D eigenvalue weighted by atomic mass is 9.32. The van der Waals surface area contributed by atoms with Crippen LogP contribution in [0, 0.1) is 56.7 Å². The third-order valence-corrected chi connectivity index (χ3v) is 16.5. The number of carboxylic acids is 1. The Morgan fingerprint density at radius 3 is 2.07 bits per heavy atom. The molecule has 6 saturated carbocycles. The van der Waals surface area contributed by atoms with Gasteiger partial charge >= 0.3 is 5.97 Å². The number of hydrogen-bond donors (Lipinski definition) is 2. The predicted octanol–water partition coefficient (Wildman–Crippen LogP) is 9.32. The van der Waals surface area contributed by atoms with Gasteiger partial charge in [-0.1, -0.05) is 53.7 Å². The molecule has 0 aliphatic heterocycles. The van der Waals surface area contributed by atoms with Gasteiger partial charge in [0.15, 0.2) is 0 Å². The second kappa shape index (κ2) is 8.86. The summed E-state index contributed by atoms with van der Waals surface area (Å²) in [6.45, 7) is 16.0. The molecule has 3 nitrogen and oxygen atoms in total. The standard InChI is InChI=1S/C38H57NO2/c1-33(2)26(24-8-10-25(11-9-24)32(40)41)14-17-35(4)29(33)16-18-37(6)30(35)13-12-28-31-27(34(3)20-21-34)15-19-38(31,39-7)23-22-36(28,37)5/h8-11,26-31,39H,12-23H2,1-7H3,(H,40,41).